The van der Waals surface area contributed by atoms with Gasteiger partial charge in [-0.15, -0.1) is 0 Å². The molecule has 6 heteroatoms. The average Bonchev–Trinajstić information content (AvgIpc) is 2.94. The van der Waals surface area contributed by atoms with E-state index in [-0.39, 0.29) is 5.79 Å². The van der Waals surface area contributed by atoms with Crippen LogP contribution in [0.15, 0.2) is 12.4 Å². The topological polar surface area (TPSA) is 59.5 Å². The molecule has 0 bridgehead atoms. The van der Waals surface area contributed by atoms with Crippen molar-refractivity contribution in [2.45, 2.75) is 32.5 Å². The van der Waals surface area contributed by atoms with Gasteiger partial charge < -0.3 is 19.7 Å². The predicted octanol–water partition coefficient (Wildman–Crippen LogP) is 1.89. The Morgan fingerprint density at radius 3 is 2.62 bits per heavy atom. The van der Waals surface area contributed by atoms with Gasteiger partial charge in [-0.25, -0.2) is 9.97 Å². The molecule has 0 unspecified atom stereocenters. The Morgan fingerprint density at radius 1 is 1.24 bits per heavy atom. The van der Waals surface area contributed by atoms with Crippen LogP contribution in [0.4, 0.5) is 11.6 Å². The van der Waals surface area contributed by atoms with E-state index in [4.69, 9.17) is 9.47 Å². The monoisotopic (exact) mass is 292 g/mol. The van der Waals surface area contributed by atoms with Gasteiger partial charge in [0.25, 0.3) is 0 Å². The standard InChI is InChI=1S/C15H24N4O2/c1-12(2)10-16-13-9-14(18-11-17-13)19-5-3-15(4-6-19)20-7-8-21-15/h9,11-12H,3-8,10H2,1-2H3,(H,16,17,18). The van der Waals surface area contributed by atoms with Crippen molar-refractivity contribution in [1.29, 1.82) is 0 Å². The Labute approximate surface area is 125 Å². The smallest absolute Gasteiger partial charge is 0.171 e. The first-order valence-electron chi connectivity index (χ1n) is 7.76. The Morgan fingerprint density at radius 2 is 1.95 bits per heavy atom. The summed E-state index contributed by atoms with van der Waals surface area (Å²) in [6.45, 7) is 8.53. The van der Waals surface area contributed by atoms with Gasteiger partial charge in [0.05, 0.1) is 13.2 Å². The van der Waals surface area contributed by atoms with Gasteiger partial charge in [-0.05, 0) is 5.92 Å². The first kappa shape index (κ1) is 14.5. The molecule has 3 rings (SSSR count). The van der Waals surface area contributed by atoms with Gasteiger partial charge in [0.2, 0.25) is 0 Å². The molecule has 1 aromatic rings. The van der Waals surface area contributed by atoms with Crippen LogP contribution in [0.2, 0.25) is 0 Å². The van der Waals surface area contributed by atoms with Crippen molar-refractivity contribution in [2.24, 2.45) is 5.92 Å². The lowest BCUT2D eigenvalue weighted by atomic mass is 10.0. The first-order valence-corrected chi connectivity index (χ1v) is 7.76. The Hall–Kier alpha value is -1.40. The van der Waals surface area contributed by atoms with Gasteiger partial charge in [-0.2, -0.15) is 0 Å². The van der Waals surface area contributed by atoms with Gasteiger partial charge in [-0.3, -0.25) is 0 Å². The van der Waals surface area contributed by atoms with Crippen molar-refractivity contribution in [3.05, 3.63) is 12.4 Å². The zero-order valence-corrected chi connectivity index (χ0v) is 12.8. The molecular formula is C15H24N4O2. The molecule has 0 saturated carbocycles. The van der Waals surface area contributed by atoms with E-state index in [1.165, 1.54) is 0 Å². The minimum atomic E-state index is -0.331. The number of anilines is 2. The van der Waals surface area contributed by atoms with Gasteiger partial charge in [0.1, 0.15) is 18.0 Å². The van der Waals surface area contributed by atoms with Crippen LogP contribution in [-0.2, 0) is 9.47 Å². The Balaban J connectivity index is 1.61. The summed E-state index contributed by atoms with van der Waals surface area (Å²) in [5, 5.41) is 3.35. The zero-order valence-electron chi connectivity index (χ0n) is 12.8. The van der Waals surface area contributed by atoms with Crippen molar-refractivity contribution in [1.82, 2.24) is 9.97 Å². The summed E-state index contributed by atoms with van der Waals surface area (Å²) in [4.78, 5) is 11.0. The van der Waals surface area contributed by atoms with Crippen molar-refractivity contribution < 1.29 is 9.47 Å². The van der Waals surface area contributed by atoms with Crippen molar-refractivity contribution in [2.75, 3.05) is 43.1 Å². The van der Waals surface area contributed by atoms with E-state index in [0.29, 0.717) is 5.92 Å². The average molecular weight is 292 g/mol. The molecule has 0 atom stereocenters. The molecule has 0 aliphatic carbocycles. The maximum absolute atomic E-state index is 5.76. The zero-order chi connectivity index (χ0) is 14.7. The molecule has 1 N–H and O–H groups in total. The van der Waals surface area contributed by atoms with Crippen molar-refractivity contribution in [3.8, 4) is 0 Å². The van der Waals surface area contributed by atoms with Crippen molar-refractivity contribution >= 4 is 11.6 Å². The summed E-state index contributed by atoms with van der Waals surface area (Å²) in [5.74, 6) is 2.13. The lowest BCUT2D eigenvalue weighted by Crippen LogP contribution is -2.45. The molecule has 0 amide bonds. The molecule has 3 heterocycles. The Kier molecular flexibility index (Phi) is 4.26. The summed E-state index contributed by atoms with van der Waals surface area (Å²) in [5.41, 5.74) is 0. The largest absolute Gasteiger partial charge is 0.370 e. The predicted molar refractivity (Wildman–Crippen MR) is 81.4 cm³/mol. The highest BCUT2D eigenvalue weighted by molar-refractivity contribution is 5.48. The third-order valence-electron chi connectivity index (χ3n) is 4.01. The van der Waals surface area contributed by atoms with Gasteiger partial charge in [-0.1, -0.05) is 13.8 Å². The van der Waals surface area contributed by atoms with E-state index in [1.54, 1.807) is 6.33 Å². The van der Waals surface area contributed by atoms with Crippen LogP contribution in [0.5, 0.6) is 0 Å². The minimum absolute atomic E-state index is 0.331. The summed E-state index contributed by atoms with van der Waals surface area (Å²) in [7, 11) is 0. The lowest BCUT2D eigenvalue weighted by Gasteiger charge is -2.38. The SMILES string of the molecule is CC(C)CNc1cc(N2CCC3(CC2)OCCO3)ncn1. The highest BCUT2D eigenvalue weighted by Crippen LogP contribution is 2.32. The van der Waals surface area contributed by atoms with E-state index >= 15 is 0 Å². The molecule has 0 radical (unpaired) electrons. The van der Waals surface area contributed by atoms with E-state index in [1.807, 2.05) is 6.07 Å². The fourth-order valence-electron chi connectivity index (χ4n) is 2.79. The second kappa shape index (κ2) is 6.15. The Bertz CT molecular complexity index is 464. The van der Waals surface area contributed by atoms with Crippen LogP contribution >= 0.6 is 0 Å². The molecule has 2 fully saturated rings. The summed E-state index contributed by atoms with van der Waals surface area (Å²) < 4.78 is 11.5. The number of nitrogens with zero attached hydrogens (tertiary/aromatic N) is 3. The second-order valence-corrected chi connectivity index (χ2v) is 6.13. The molecule has 1 spiro atoms. The highest BCUT2D eigenvalue weighted by atomic mass is 16.7. The number of ether oxygens (including phenoxy) is 2. The highest BCUT2D eigenvalue weighted by Gasteiger charge is 2.40. The molecule has 116 valence electrons. The third-order valence-corrected chi connectivity index (χ3v) is 4.01. The van der Waals surface area contributed by atoms with Crippen LogP contribution in [-0.4, -0.2) is 48.6 Å². The maximum Gasteiger partial charge on any atom is 0.171 e. The maximum atomic E-state index is 5.76. The summed E-state index contributed by atoms with van der Waals surface area (Å²) in [6, 6.07) is 2.02. The number of aromatic nitrogens is 2. The molecule has 2 saturated heterocycles. The van der Waals surface area contributed by atoms with Crippen LogP contribution in [0.1, 0.15) is 26.7 Å². The number of hydrogen-bond acceptors (Lipinski definition) is 6. The van der Waals surface area contributed by atoms with E-state index in [9.17, 15) is 0 Å². The molecule has 1 aromatic heterocycles. The number of piperidine rings is 1. The van der Waals surface area contributed by atoms with Crippen LogP contribution < -0.4 is 10.2 Å². The van der Waals surface area contributed by atoms with Crippen LogP contribution in [0, 0.1) is 5.92 Å². The second-order valence-electron chi connectivity index (χ2n) is 6.13. The molecule has 6 nitrogen and oxygen atoms in total. The fraction of sp³-hybridized carbons (Fsp3) is 0.733. The molecule has 2 aliphatic rings. The summed E-state index contributed by atoms with van der Waals surface area (Å²) in [6.07, 6.45) is 3.42. The minimum Gasteiger partial charge on any atom is -0.370 e. The van der Waals surface area contributed by atoms with E-state index in [2.05, 4.69) is 34.0 Å². The fourth-order valence-corrected chi connectivity index (χ4v) is 2.79. The number of hydrogen-bond donors (Lipinski definition) is 1. The lowest BCUT2D eigenvalue weighted by molar-refractivity contribution is -0.169. The van der Waals surface area contributed by atoms with Crippen LogP contribution in [0.25, 0.3) is 0 Å². The van der Waals surface area contributed by atoms with Gasteiger partial charge in [0, 0.05) is 38.5 Å². The molecule has 0 aromatic carbocycles. The molecule has 2 aliphatic heterocycles. The first-order chi connectivity index (χ1) is 10.2. The van der Waals surface area contributed by atoms with Gasteiger partial charge >= 0.3 is 0 Å². The number of rotatable bonds is 4. The van der Waals surface area contributed by atoms with E-state index < -0.39 is 0 Å². The van der Waals surface area contributed by atoms with E-state index in [0.717, 1.165) is 57.3 Å². The third kappa shape index (κ3) is 3.44. The normalized spacial score (nSPS) is 21.2. The molecule has 21 heavy (non-hydrogen) atoms. The summed E-state index contributed by atoms with van der Waals surface area (Å²) >= 11 is 0. The van der Waals surface area contributed by atoms with Gasteiger partial charge in [0.15, 0.2) is 5.79 Å². The quantitative estimate of drug-likeness (QED) is 0.914. The van der Waals surface area contributed by atoms with Crippen LogP contribution in [0.3, 0.4) is 0 Å². The number of nitrogens with one attached hydrogen (secondary N) is 1. The van der Waals surface area contributed by atoms with Crippen molar-refractivity contribution in [3.63, 3.8) is 0 Å². The molecular weight excluding hydrogens is 268 g/mol.